The van der Waals surface area contributed by atoms with Gasteiger partial charge in [0.1, 0.15) is 0 Å². The summed E-state index contributed by atoms with van der Waals surface area (Å²) in [5.41, 5.74) is 5.72. The van der Waals surface area contributed by atoms with Gasteiger partial charge >= 0.3 is 0 Å². The Kier molecular flexibility index (Phi) is 6.81. The molecular formula is C9H21ClN2O3S. The molecule has 7 heteroatoms. The molecule has 98 valence electrons. The van der Waals surface area contributed by atoms with E-state index in [2.05, 4.69) is 0 Å². The number of halogens is 1. The molecule has 1 rings (SSSR count). The molecule has 2 N–H and O–H groups in total. The first-order valence-electron chi connectivity index (χ1n) is 5.22. The molecule has 1 unspecified atom stereocenters. The maximum Gasteiger partial charge on any atom is 0.216 e. The lowest BCUT2D eigenvalue weighted by atomic mass is 10.1. The van der Waals surface area contributed by atoms with Crippen LogP contribution in [0.4, 0.5) is 0 Å². The van der Waals surface area contributed by atoms with E-state index < -0.39 is 10.0 Å². The first-order chi connectivity index (χ1) is 6.95. The third-order valence-corrected chi connectivity index (χ3v) is 4.78. The summed E-state index contributed by atoms with van der Waals surface area (Å²) >= 11 is 0. The molecule has 5 nitrogen and oxygen atoms in total. The minimum atomic E-state index is -3.17. The molecule has 1 fully saturated rings. The lowest BCUT2D eigenvalue weighted by Gasteiger charge is -2.29. The average Bonchev–Trinajstić information content (AvgIpc) is 2.17. The lowest BCUT2D eigenvalue weighted by molar-refractivity contribution is 0.134. The Morgan fingerprint density at radius 3 is 2.38 bits per heavy atom. The second kappa shape index (κ2) is 6.76. The number of methoxy groups -OCH3 is 1. The molecular weight excluding hydrogens is 252 g/mol. The zero-order valence-corrected chi connectivity index (χ0v) is 11.4. The smallest absolute Gasteiger partial charge is 0.216 e. The van der Waals surface area contributed by atoms with E-state index in [0.29, 0.717) is 13.1 Å². The highest BCUT2D eigenvalue weighted by atomic mass is 35.5. The Balaban J connectivity index is 0.00000225. The molecule has 0 spiro atoms. The molecule has 0 aromatic heterocycles. The molecule has 0 bridgehead atoms. The molecule has 0 saturated carbocycles. The second-order valence-electron chi connectivity index (χ2n) is 4.06. The van der Waals surface area contributed by atoms with Gasteiger partial charge in [-0.25, -0.2) is 12.7 Å². The number of nitrogens with two attached hydrogens (primary N) is 1. The van der Waals surface area contributed by atoms with Crippen molar-refractivity contribution in [3.05, 3.63) is 0 Å². The standard InChI is InChI=1S/C9H20N2O3S.ClH/c1-8(14-2)7-15(12,13)11-5-3-9(10)4-6-11;/h8-9H,3-7,10H2,1-2H3;1H. The Morgan fingerprint density at radius 2 is 1.94 bits per heavy atom. The number of ether oxygens (including phenoxy) is 1. The lowest BCUT2D eigenvalue weighted by Crippen LogP contribution is -2.45. The van der Waals surface area contributed by atoms with Crippen LogP contribution in [0.1, 0.15) is 19.8 Å². The van der Waals surface area contributed by atoms with Crippen molar-refractivity contribution in [2.45, 2.75) is 31.9 Å². The third kappa shape index (κ3) is 4.55. The maximum atomic E-state index is 11.9. The number of hydrogen-bond donors (Lipinski definition) is 1. The molecule has 1 aliphatic rings. The zero-order valence-electron chi connectivity index (χ0n) is 9.76. The predicted octanol–water partition coefficient (Wildman–Crippen LogP) is 0.196. The minimum absolute atomic E-state index is 0. The summed E-state index contributed by atoms with van der Waals surface area (Å²) in [6.07, 6.45) is 1.24. The average molecular weight is 273 g/mol. The fourth-order valence-corrected chi connectivity index (χ4v) is 3.33. The summed E-state index contributed by atoms with van der Waals surface area (Å²) in [7, 11) is -1.65. The summed E-state index contributed by atoms with van der Waals surface area (Å²) in [6.45, 7) is 2.84. The number of nitrogens with zero attached hydrogens (tertiary/aromatic N) is 1. The van der Waals surface area contributed by atoms with E-state index in [0.717, 1.165) is 12.8 Å². The number of piperidine rings is 1. The predicted molar refractivity (Wildman–Crippen MR) is 66.3 cm³/mol. The second-order valence-corrected chi connectivity index (χ2v) is 6.07. The molecule has 0 aromatic rings. The van der Waals surface area contributed by atoms with Crippen LogP contribution in [0.5, 0.6) is 0 Å². The molecule has 1 atom stereocenters. The highest BCUT2D eigenvalue weighted by Gasteiger charge is 2.27. The van der Waals surface area contributed by atoms with Crippen LogP contribution in [0.25, 0.3) is 0 Å². The van der Waals surface area contributed by atoms with Gasteiger partial charge in [-0.05, 0) is 19.8 Å². The van der Waals surface area contributed by atoms with E-state index in [9.17, 15) is 8.42 Å². The van der Waals surface area contributed by atoms with Crippen molar-refractivity contribution >= 4 is 22.4 Å². The van der Waals surface area contributed by atoms with Crippen molar-refractivity contribution in [3.63, 3.8) is 0 Å². The molecule has 0 aromatic carbocycles. The van der Waals surface area contributed by atoms with Crippen LogP contribution in [0, 0.1) is 0 Å². The maximum absolute atomic E-state index is 11.9. The van der Waals surface area contributed by atoms with Gasteiger partial charge in [-0.2, -0.15) is 0 Å². The normalized spacial score (nSPS) is 21.4. The number of rotatable bonds is 4. The highest BCUT2D eigenvalue weighted by Crippen LogP contribution is 2.14. The van der Waals surface area contributed by atoms with Crippen LogP contribution in [0.3, 0.4) is 0 Å². The summed E-state index contributed by atoms with van der Waals surface area (Å²) in [6, 6.07) is 0.149. The van der Waals surface area contributed by atoms with Crippen molar-refractivity contribution in [1.29, 1.82) is 0 Å². The van der Waals surface area contributed by atoms with Crippen molar-refractivity contribution in [1.82, 2.24) is 4.31 Å². The van der Waals surface area contributed by atoms with Gasteiger partial charge in [-0.3, -0.25) is 0 Å². The molecule has 0 amide bonds. The van der Waals surface area contributed by atoms with Crippen molar-refractivity contribution < 1.29 is 13.2 Å². The van der Waals surface area contributed by atoms with Crippen LogP contribution >= 0.6 is 12.4 Å². The molecule has 0 aliphatic carbocycles. The van der Waals surface area contributed by atoms with Gasteiger partial charge in [0.05, 0.1) is 11.9 Å². The Bertz CT molecular complexity index is 289. The van der Waals surface area contributed by atoms with Gasteiger partial charge in [0.2, 0.25) is 10.0 Å². The van der Waals surface area contributed by atoms with Gasteiger partial charge in [0, 0.05) is 26.2 Å². The van der Waals surface area contributed by atoms with Crippen molar-refractivity contribution in [2.75, 3.05) is 26.0 Å². The van der Waals surface area contributed by atoms with Gasteiger partial charge in [-0.1, -0.05) is 0 Å². The molecule has 0 radical (unpaired) electrons. The first kappa shape index (κ1) is 16.1. The molecule has 1 saturated heterocycles. The fourth-order valence-electron chi connectivity index (χ4n) is 1.62. The number of sulfonamides is 1. The van der Waals surface area contributed by atoms with Crippen molar-refractivity contribution in [2.24, 2.45) is 5.73 Å². The van der Waals surface area contributed by atoms with Gasteiger partial charge in [0.25, 0.3) is 0 Å². The zero-order chi connectivity index (χ0) is 11.5. The quantitative estimate of drug-likeness (QED) is 0.793. The van der Waals surface area contributed by atoms with E-state index in [-0.39, 0.29) is 30.3 Å². The molecule has 1 heterocycles. The van der Waals surface area contributed by atoms with Crippen LogP contribution in [-0.4, -0.2) is 50.8 Å². The monoisotopic (exact) mass is 272 g/mol. The largest absolute Gasteiger partial charge is 0.381 e. The van der Waals surface area contributed by atoms with E-state index in [1.807, 2.05) is 0 Å². The first-order valence-corrected chi connectivity index (χ1v) is 6.83. The van der Waals surface area contributed by atoms with E-state index >= 15 is 0 Å². The van der Waals surface area contributed by atoms with E-state index in [1.54, 1.807) is 6.92 Å². The van der Waals surface area contributed by atoms with Crippen LogP contribution < -0.4 is 5.73 Å². The van der Waals surface area contributed by atoms with Crippen LogP contribution in [0.15, 0.2) is 0 Å². The summed E-state index contributed by atoms with van der Waals surface area (Å²) in [5.74, 6) is 0.0543. The Morgan fingerprint density at radius 1 is 1.44 bits per heavy atom. The van der Waals surface area contributed by atoms with Crippen molar-refractivity contribution in [3.8, 4) is 0 Å². The van der Waals surface area contributed by atoms with Gasteiger partial charge in [0.15, 0.2) is 0 Å². The summed E-state index contributed by atoms with van der Waals surface area (Å²) < 4.78 is 30.2. The topological polar surface area (TPSA) is 72.6 Å². The van der Waals surface area contributed by atoms with Crippen LogP contribution in [-0.2, 0) is 14.8 Å². The Hall–Kier alpha value is 0.120. The van der Waals surface area contributed by atoms with E-state index in [4.69, 9.17) is 10.5 Å². The molecule has 16 heavy (non-hydrogen) atoms. The third-order valence-electron chi connectivity index (χ3n) is 2.74. The summed E-state index contributed by atoms with van der Waals surface area (Å²) in [4.78, 5) is 0. The Labute approximate surface area is 104 Å². The highest BCUT2D eigenvalue weighted by molar-refractivity contribution is 7.89. The van der Waals surface area contributed by atoms with E-state index in [1.165, 1.54) is 11.4 Å². The SMILES string of the molecule is COC(C)CS(=O)(=O)N1CCC(N)CC1.Cl. The van der Waals surface area contributed by atoms with Gasteiger partial charge in [-0.15, -0.1) is 12.4 Å². The minimum Gasteiger partial charge on any atom is -0.381 e. The number of hydrogen-bond acceptors (Lipinski definition) is 4. The van der Waals surface area contributed by atoms with Gasteiger partial charge < -0.3 is 10.5 Å². The van der Waals surface area contributed by atoms with Crippen LogP contribution in [0.2, 0.25) is 0 Å². The fraction of sp³-hybridized carbons (Fsp3) is 1.00. The molecule has 1 aliphatic heterocycles. The summed E-state index contributed by atoms with van der Waals surface area (Å²) in [5, 5.41) is 0.